The summed E-state index contributed by atoms with van der Waals surface area (Å²) in [4.78, 5) is 28.5. The fourth-order valence-electron chi connectivity index (χ4n) is 5.04. The lowest BCUT2D eigenvalue weighted by Gasteiger charge is -2.24. The monoisotopic (exact) mass is 572 g/mol. The van der Waals surface area contributed by atoms with Crippen LogP contribution in [0.3, 0.4) is 0 Å². The number of methoxy groups -OCH3 is 1. The largest absolute Gasteiger partial charge is 0.385 e. The molecule has 0 fully saturated rings. The Morgan fingerprint density at radius 1 is 1.07 bits per heavy atom. The first-order valence-corrected chi connectivity index (χ1v) is 14.6. The van der Waals surface area contributed by atoms with E-state index in [9.17, 15) is 9.59 Å². The van der Waals surface area contributed by atoms with Gasteiger partial charge in [0.2, 0.25) is 11.8 Å². The van der Waals surface area contributed by atoms with E-state index in [0.717, 1.165) is 22.4 Å². The van der Waals surface area contributed by atoms with Crippen molar-refractivity contribution in [2.24, 2.45) is 0 Å². The van der Waals surface area contributed by atoms with Crippen molar-refractivity contribution in [3.8, 4) is 16.9 Å². The maximum atomic E-state index is 15.4. The predicted octanol–water partition coefficient (Wildman–Crippen LogP) is 5.62. The number of ether oxygens (including phenoxy) is 1. The third kappa shape index (κ3) is 5.92. The van der Waals surface area contributed by atoms with Gasteiger partial charge in [0, 0.05) is 37.0 Å². The van der Waals surface area contributed by atoms with Crippen LogP contribution in [-0.4, -0.2) is 54.2 Å². The van der Waals surface area contributed by atoms with E-state index in [4.69, 9.17) is 9.84 Å². The van der Waals surface area contributed by atoms with Gasteiger partial charge in [-0.2, -0.15) is 5.10 Å². The number of halogens is 1. The molecule has 1 N–H and O–H groups in total. The summed E-state index contributed by atoms with van der Waals surface area (Å²) >= 11 is 1.35. The van der Waals surface area contributed by atoms with E-state index in [1.807, 2.05) is 62.4 Å². The van der Waals surface area contributed by atoms with Gasteiger partial charge in [-0.25, -0.2) is 9.07 Å². The first kappa shape index (κ1) is 28.6. The molecule has 0 bridgehead atoms. The lowest BCUT2D eigenvalue weighted by Crippen LogP contribution is -2.42. The van der Waals surface area contributed by atoms with Gasteiger partial charge in [0.1, 0.15) is 18.2 Å². The maximum absolute atomic E-state index is 15.4. The Kier molecular flexibility index (Phi) is 8.85. The molecule has 0 saturated carbocycles. The minimum absolute atomic E-state index is 0.0751. The highest BCUT2D eigenvalue weighted by molar-refractivity contribution is 8.00. The fourth-order valence-corrected chi connectivity index (χ4v) is 6.26. The van der Waals surface area contributed by atoms with Gasteiger partial charge in [-0.05, 0) is 43.5 Å². The summed E-state index contributed by atoms with van der Waals surface area (Å²) in [5, 5.41) is 7.47. The third-order valence-electron chi connectivity index (χ3n) is 7.28. The number of thioether (sulfide) groups is 1. The van der Waals surface area contributed by atoms with Crippen LogP contribution >= 0.6 is 11.8 Å². The van der Waals surface area contributed by atoms with Crippen molar-refractivity contribution in [3.05, 3.63) is 101 Å². The van der Waals surface area contributed by atoms with E-state index in [0.29, 0.717) is 42.2 Å². The first-order valence-electron chi connectivity index (χ1n) is 13.6. The van der Waals surface area contributed by atoms with Gasteiger partial charge in [-0.1, -0.05) is 60.7 Å². The molecule has 0 aliphatic carbocycles. The quantitative estimate of drug-likeness (QED) is 0.264. The van der Waals surface area contributed by atoms with E-state index in [1.165, 1.54) is 22.7 Å². The van der Waals surface area contributed by atoms with Gasteiger partial charge in [-0.3, -0.25) is 14.5 Å². The molecule has 41 heavy (non-hydrogen) atoms. The van der Waals surface area contributed by atoms with E-state index in [-0.39, 0.29) is 29.9 Å². The van der Waals surface area contributed by atoms with Gasteiger partial charge >= 0.3 is 0 Å². The van der Waals surface area contributed by atoms with Crippen LogP contribution in [0, 0.1) is 19.7 Å². The number of carbonyl (C=O) groups excluding carboxylic acids is 2. The van der Waals surface area contributed by atoms with Crippen molar-refractivity contribution in [1.82, 2.24) is 15.1 Å². The van der Waals surface area contributed by atoms with Crippen LogP contribution in [0.2, 0.25) is 0 Å². The van der Waals surface area contributed by atoms with E-state index < -0.39 is 5.25 Å². The molecule has 1 unspecified atom stereocenters. The highest BCUT2D eigenvalue weighted by Crippen LogP contribution is 2.49. The molecule has 2 amide bonds. The topological polar surface area (TPSA) is 76.5 Å². The molecule has 5 rings (SSSR count). The van der Waals surface area contributed by atoms with Crippen LogP contribution in [0.5, 0.6) is 0 Å². The molecule has 9 heteroatoms. The zero-order chi connectivity index (χ0) is 28.9. The molecule has 0 spiro atoms. The number of carbonyl (C=O) groups is 2. The minimum atomic E-state index is -0.529. The smallest absolute Gasteiger partial charge is 0.240 e. The van der Waals surface area contributed by atoms with Crippen molar-refractivity contribution in [2.45, 2.75) is 25.5 Å². The zero-order valence-electron chi connectivity index (χ0n) is 23.4. The van der Waals surface area contributed by atoms with Crippen molar-refractivity contribution in [2.75, 3.05) is 37.5 Å². The molecule has 3 aromatic carbocycles. The summed E-state index contributed by atoms with van der Waals surface area (Å²) in [6.45, 7) is 4.80. The Morgan fingerprint density at radius 2 is 1.83 bits per heavy atom. The number of hydrogen-bond acceptors (Lipinski definition) is 5. The molecular formula is C32H33FN4O3S. The minimum Gasteiger partial charge on any atom is -0.385 e. The summed E-state index contributed by atoms with van der Waals surface area (Å²) in [6, 6.07) is 22.3. The van der Waals surface area contributed by atoms with Gasteiger partial charge in [0.25, 0.3) is 0 Å². The summed E-state index contributed by atoms with van der Waals surface area (Å²) in [5.41, 5.74) is 5.50. The summed E-state index contributed by atoms with van der Waals surface area (Å²) < 4.78 is 22.2. The number of hydrogen-bond donors (Lipinski definition) is 1. The number of aryl methyl sites for hydroxylation is 1. The number of nitrogens with one attached hydrogen (secondary N) is 1. The van der Waals surface area contributed by atoms with Crippen LogP contribution in [0.15, 0.2) is 72.8 Å². The number of fused-ring (bicyclic) bond motifs is 1. The van der Waals surface area contributed by atoms with Crippen LogP contribution < -0.4 is 10.2 Å². The predicted molar refractivity (Wildman–Crippen MR) is 161 cm³/mol. The number of nitrogens with zero attached hydrogens (tertiary/aromatic N) is 3. The maximum Gasteiger partial charge on any atom is 0.240 e. The molecule has 4 aromatic rings. The standard InChI is InChI=1S/C32H33FN4O3S/c1-21-11-9-16-26(22(21)2)37-32-29(30(35-37)23-12-5-4-6-13-23)31(24-14-7-8-15-25(24)33)41-20-28(39)36(32)19-27(38)34-17-10-18-40-3/h4-9,11-16,31H,10,17-20H2,1-3H3,(H,34,38). The molecule has 0 radical (unpaired) electrons. The Hall–Kier alpha value is -3.95. The number of anilines is 1. The normalized spacial score (nSPS) is 15.0. The second kappa shape index (κ2) is 12.7. The van der Waals surface area contributed by atoms with Crippen molar-refractivity contribution in [1.29, 1.82) is 0 Å². The zero-order valence-corrected chi connectivity index (χ0v) is 24.2. The van der Waals surface area contributed by atoms with Crippen LogP contribution in [0.4, 0.5) is 10.2 Å². The Bertz CT molecular complexity index is 1560. The molecule has 1 atom stereocenters. The lowest BCUT2D eigenvalue weighted by atomic mass is 9.99. The van der Waals surface area contributed by atoms with Crippen LogP contribution in [-0.2, 0) is 14.3 Å². The van der Waals surface area contributed by atoms with Crippen molar-refractivity contribution >= 4 is 29.4 Å². The highest BCUT2D eigenvalue weighted by Gasteiger charge is 2.38. The molecule has 1 aliphatic heterocycles. The van der Waals surface area contributed by atoms with Crippen LogP contribution in [0.25, 0.3) is 16.9 Å². The van der Waals surface area contributed by atoms with Gasteiger partial charge < -0.3 is 10.1 Å². The molecule has 0 saturated heterocycles. The summed E-state index contributed by atoms with van der Waals surface area (Å²) in [7, 11) is 1.61. The molecule has 7 nitrogen and oxygen atoms in total. The SMILES string of the molecule is COCCCNC(=O)CN1C(=O)CSC(c2ccccc2F)c2c(-c3ccccc3)nn(-c3cccc(C)c3C)c21. The van der Waals surface area contributed by atoms with Crippen LogP contribution in [0.1, 0.15) is 33.9 Å². The number of aromatic nitrogens is 2. The molecule has 212 valence electrons. The van der Waals surface area contributed by atoms with E-state index in [1.54, 1.807) is 30.0 Å². The lowest BCUT2D eigenvalue weighted by molar-refractivity contribution is -0.122. The first-order chi connectivity index (χ1) is 19.9. The second-order valence-electron chi connectivity index (χ2n) is 9.97. The van der Waals surface area contributed by atoms with Crippen molar-refractivity contribution < 1.29 is 18.7 Å². The molecular weight excluding hydrogens is 539 g/mol. The average Bonchev–Trinajstić information content (AvgIpc) is 3.30. The van der Waals surface area contributed by atoms with Gasteiger partial charge in [0.15, 0.2) is 0 Å². The Labute approximate surface area is 243 Å². The number of rotatable bonds is 9. The van der Waals surface area contributed by atoms with E-state index >= 15 is 4.39 Å². The van der Waals surface area contributed by atoms with Gasteiger partial charge in [0.05, 0.1) is 22.4 Å². The molecule has 1 aromatic heterocycles. The molecule has 1 aliphatic rings. The van der Waals surface area contributed by atoms with Crippen molar-refractivity contribution in [3.63, 3.8) is 0 Å². The second-order valence-corrected chi connectivity index (χ2v) is 11.1. The Balaban J connectivity index is 1.75. The number of benzene rings is 3. The fraction of sp³-hybridized carbons (Fsp3) is 0.281. The third-order valence-corrected chi connectivity index (χ3v) is 8.51. The van der Waals surface area contributed by atoms with E-state index in [2.05, 4.69) is 5.32 Å². The average molecular weight is 573 g/mol. The highest BCUT2D eigenvalue weighted by atomic mass is 32.2. The van der Waals surface area contributed by atoms with Gasteiger partial charge in [-0.15, -0.1) is 11.8 Å². The number of amides is 2. The Morgan fingerprint density at radius 3 is 2.59 bits per heavy atom. The summed E-state index contributed by atoms with van der Waals surface area (Å²) in [6.07, 6.45) is 0.658. The summed E-state index contributed by atoms with van der Waals surface area (Å²) in [5.74, 6) is -0.330. The molecule has 2 heterocycles.